The number of hydrogen-bond donors (Lipinski definition) is 2. The predicted molar refractivity (Wildman–Crippen MR) is 37.8 cm³/mol. The number of hydrogen-bond acceptors (Lipinski definition) is 2. The molecule has 3 heteroatoms. The Morgan fingerprint density at radius 3 is 2.20 bits per heavy atom. The SMILES string of the molecule is CC(C)[C@@]1(C(=O)O)CCN1. The van der Waals surface area contributed by atoms with Gasteiger partial charge in [0.2, 0.25) is 0 Å². The Labute approximate surface area is 60.4 Å². The second kappa shape index (κ2) is 2.23. The first kappa shape index (κ1) is 7.54. The monoisotopic (exact) mass is 143 g/mol. The largest absolute Gasteiger partial charge is 0.480 e. The van der Waals surface area contributed by atoms with E-state index in [0.29, 0.717) is 0 Å². The van der Waals surface area contributed by atoms with Crippen molar-refractivity contribution in [2.24, 2.45) is 5.92 Å². The zero-order chi connectivity index (χ0) is 7.78. The molecule has 1 heterocycles. The summed E-state index contributed by atoms with van der Waals surface area (Å²) in [5.41, 5.74) is -0.611. The van der Waals surface area contributed by atoms with E-state index in [4.69, 9.17) is 5.11 Å². The van der Waals surface area contributed by atoms with Gasteiger partial charge in [-0.25, -0.2) is 0 Å². The molecule has 0 aromatic carbocycles. The van der Waals surface area contributed by atoms with Crippen molar-refractivity contribution < 1.29 is 9.90 Å². The van der Waals surface area contributed by atoms with E-state index in [1.165, 1.54) is 0 Å². The molecule has 0 unspecified atom stereocenters. The highest BCUT2D eigenvalue weighted by Gasteiger charge is 2.46. The first-order chi connectivity index (χ1) is 4.59. The van der Waals surface area contributed by atoms with E-state index in [1.807, 2.05) is 13.8 Å². The summed E-state index contributed by atoms with van der Waals surface area (Å²) < 4.78 is 0. The topological polar surface area (TPSA) is 49.3 Å². The van der Waals surface area contributed by atoms with Gasteiger partial charge in [-0.2, -0.15) is 0 Å². The molecule has 0 aromatic heterocycles. The third-order valence-electron chi connectivity index (χ3n) is 2.33. The number of rotatable bonds is 2. The molecule has 0 amide bonds. The Kier molecular flexibility index (Phi) is 1.68. The summed E-state index contributed by atoms with van der Waals surface area (Å²) in [4.78, 5) is 10.7. The zero-order valence-corrected chi connectivity index (χ0v) is 6.35. The van der Waals surface area contributed by atoms with Crippen molar-refractivity contribution in [1.82, 2.24) is 5.32 Å². The Bertz CT molecular complexity index is 150. The van der Waals surface area contributed by atoms with Crippen LogP contribution in [0.15, 0.2) is 0 Å². The Hall–Kier alpha value is -0.570. The smallest absolute Gasteiger partial charge is 0.324 e. The van der Waals surface area contributed by atoms with Crippen molar-refractivity contribution in [3.05, 3.63) is 0 Å². The lowest BCUT2D eigenvalue weighted by Gasteiger charge is -2.42. The molecular weight excluding hydrogens is 130 g/mol. The van der Waals surface area contributed by atoms with Crippen molar-refractivity contribution in [3.8, 4) is 0 Å². The molecule has 1 atom stereocenters. The lowest BCUT2D eigenvalue weighted by Crippen LogP contribution is -2.65. The maximum atomic E-state index is 10.7. The van der Waals surface area contributed by atoms with Crippen LogP contribution in [0.5, 0.6) is 0 Å². The molecule has 1 fully saturated rings. The highest BCUT2D eigenvalue weighted by Crippen LogP contribution is 2.27. The fourth-order valence-corrected chi connectivity index (χ4v) is 1.32. The van der Waals surface area contributed by atoms with E-state index in [0.717, 1.165) is 13.0 Å². The van der Waals surface area contributed by atoms with E-state index in [-0.39, 0.29) is 5.92 Å². The average molecular weight is 143 g/mol. The van der Waals surface area contributed by atoms with Gasteiger partial charge < -0.3 is 10.4 Å². The normalized spacial score (nSPS) is 31.9. The fraction of sp³-hybridized carbons (Fsp3) is 0.857. The van der Waals surface area contributed by atoms with E-state index >= 15 is 0 Å². The van der Waals surface area contributed by atoms with Crippen molar-refractivity contribution >= 4 is 5.97 Å². The van der Waals surface area contributed by atoms with Gasteiger partial charge in [-0.15, -0.1) is 0 Å². The quantitative estimate of drug-likeness (QED) is 0.590. The molecule has 10 heavy (non-hydrogen) atoms. The summed E-state index contributed by atoms with van der Waals surface area (Å²) in [6, 6.07) is 0. The first-order valence-electron chi connectivity index (χ1n) is 3.58. The molecule has 0 aromatic rings. The van der Waals surface area contributed by atoms with Gasteiger partial charge in [-0.05, 0) is 18.9 Å². The Morgan fingerprint density at radius 2 is 2.20 bits per heavy atom. The zero-order valence-electron chi connectivity index (χ0n) is 6.35. The number of carboxylic acid groups (broad SMARTS) is 1. The van der Waals surface area contributed by atoms with Gasteiger partial charge in [0.15, 0.2) is 0 Å². The summed E-state index contributed by atoms with van der Waals surface area (Å²) in [7, 11) is 0. The second-order valence-electron chi connectivity index (χ2n) is 3.11. The molecule has 2 N–H and O–H groups in total. The first-order valence-corrected chi connectivity index (χ1v) is 3.58. The van der Waals surface area contributed by atoms with Gasteiger partial charge in [-0.1, -0.05) is 13.8 Å². The minimum atomic E-state index is -0.714. The lowest BCUT2D eigenvalue weighted by molar-refractivity contribution is -0.150. The number of nitrogens with one attached hydrogen (secondary N) is 1. The Morgan fingerprint density at radius 1 is 1.70 bits per heavy atom. The van der Waals surface area contributed by atoms with Crippen molar-refractivity contribution in [2.75, 3.05) is 6.54 Å². The molecule has 1 aliphatic heterocycles. The van der Waals surface area contributed by atoms with Crippen LogP contribution in [0.2, 0.25) is 0 Å². The third kappa shape index (κ3) is 0.814. The van der Waals surface area contributed by atoms with Crippen LogP contribution in [0.25, 0.3) is 0 Å². The van der Waals surface area contributed by atoms with Gasteiger partial charge >= 0.3 is 5.97 Å². The van der Waals surface area contributed by atoms with Gasteiger partial charge in [0.25, 0.3) is 0 Å². The van der Waals surface area contributed by atoms with Crippen LogP contribution >= 0.6 is 0 Å². The van der Waals surface area contributed by atoms with Crippen molar-refractivity contribution in [3.63, 3.8) is 0 Å². The van der Waals surface area contributed by atoms with Crippen LogP contribution < -0.4 is 5.32 Å². The van der Waals surface area contributed by atoms with Crippen molar-refractivity contribution in [1.29, 1.82) is 0 Å². The van der Waals surface area contributed by atoms with E-state index < -0.39 is 11.5 Å². The molecule has 0 saturated carbocycles. The molecular formula is C7H13NO2. The average Bonchev–Trinajstić information content (AvgIpc) is 1.57. The molecule has 58 valence electrons. The van der Waals surface area contributed by atoms with Gasteiger partial charge in [0, 0.05) is 0 Å². The standard InChI is InChI=1S/C7H13NO2/c1-5(2)7(6(9)10)3-4-8-7/h5,8H,3-4H2,1-2H3,(H,9,10)/t7-/m1/s1. The summed E-state index contributed by atoms with van der Waals surface area (Å²) in [6.45, 7) is 4.70. The third-order valence-corrected chi connectivity index (χ3v) is 2.33. The maximum absolute atomic E-state index is 10.7. The molecule has 1 saturated heterocycles. The van der Waals surface area contributed by atoms with Crippen LogP contribution in [0.1, 0.15) is 20.3 Å². The maximum Gasteiger partial charge on any atom is 0.324 e. The van der Waals surface area contributed by atoms with Crippen LogP contribution in [-0.2, 0) is 4.79 Å². The van der Waals surface area contributed by atoms with E-state index in [1.54, 1.807) is 0 Å². The number of carbonyl (C=O) groups is 1. The molecule has 1 aliphatic rings. The van der Waals surface area contributed by atoms with Crippen LogP contribution in [0.4, 0.5) is 0 Å². The molecule has 0 spiro atoms. The molecule has 3 nitrogen and oxygen atoms in total. The molecule has 1 rings (SSSR count). The lowest BCUT2D eigenvalue weighted by atomic mass is 9.78. The van der Waals surface area contributed by atoms with Crippen LogP contribution in [0, 0.1) is 5.92 Å². The molecule has 0 radical (unpaired) electrons. The van der Waals surface area contributed by atoms with Crippen LogP contribution in [-0.4, -0.2) is 23.2 Å². The minimum absolute atomic E-state index is 0.179. The molecule has 0 bridgehead atoms. The van der Waals surface area contributed by atoms with Gasteiger partial charge in [-0.3, -0.25) is 4.79 Å². The van der Waals surface area contributed by atoms with E-state index in [2.05, 4.69) is 5.32 Å². The predicted octanol–water partition coefficient (Wildman–Crippen LogP) is 0.459. The summed E-state index contributed by atoms with van der Waals surface area (Å²) in [5.74, 6) is -0.535. The number of aliphatic carboxylic acids is 1. The minimum Gasteiger partial charge on any atom is -0.480 e. The van der Waals surface area contributed by atoms with E-state index in [9.17, 15) is 4.79 Å². The highest BCUT2D eigenvalue weighted by atomic mass is 16.4. The highest BCUT2D eigenvalue weighted by molar-refractivity contribution is 5.80. The fourth-order valence-electron chi connectivity index (χ4n) is 1.32. The van der Waals surface area contributed by atoms with Gasteiger partial charge in [0.05, 0.1) is 0 Å². The summed E-state index contributed by atoms with van der Waals surface area (Å²) >= 11 is 0. The van der Waals surface area contributed by atoms with Crippen molar-refractivity contribution in [2.45, 2.75) is 25.8 Å². The molecule has 0 aliphatic carbocycles. The number of carboxylic acids is 1. The second-order valence-corrected chi connectivity index (χ2v) is 3.11. The Balaban J connectivity index is 2.68. The summed E-state index contributed by atoms with van der Waals surface area (Å²) in [6.07, 6.45) is 0.764. The van der Waals surface area contributed by atoms with Gasteiger partial charge in [0.1, 0.15) is 5.54 Å². The summed E-state index contributed by atoms with van der Waals surface area (Å²) in [5, 5.41) is 11.8. The van der Waals surface area contributed by atoms with Crippen LogP contribution in [0.3, 0.4) is 0 Å².